The largest absolute Gasteiger partial charge is 0.469 e. The predicted octanol–water partition coefficient (Wildman–Crippen LogP) is 2.46. The first-order chi connectivity index (χ1) is 8.13. The summed E-state index contributed by atoms with van der Waals surface area (Å²) in [5.41, 5.74) is 5.63. The van der Waals surface area contributed by atoms with Crippen LogP contribution in [0.15, 0.2) is 33.5 Å². The van der Waals surface area contributed by atoms with Crippen molar-refractivity contribution in [3.8, 4) is 0 Å². The molecule has 0 aliphatic carbocycles. The predicted molar refractivity (Wildman–Crippen MR) is 69.6 cm³/mol. The molecule has 0 aliphatic rings. The molecular formula is C11H13BrN4O. The molecular weight excluding hydrogens is 284 g/mol. The Hall–Kier alpha value is -1.56. The number of nitrogens with zero attached hydrogens (tertiary/aromatic N) is 2. The molecule has 6 heteroatoms. The Kier molecular flexibility index (Phi) is 3.63. The Morgan fingerprint density at radius 3 is 3.00 bits per heavy atom. The van der Waals surface area contributed by atoms with E-state index in [4.69, 9.17) is 10.2 Å². The number of nitrogens with two attached hydrogens (primary N) is 1. The summed E-state index contributed by atoms with van der Waals surface area (Å²) in [6, 6.07) is 5.63. The third-order valence-electron chi connectivity index (χ3n) is 2.18. The van der Waals surface area contributed by atoms with Crippen LogP contribution in [0.25, 0.3) is 0 Å². The smallest absolute Gasteiger partial charge is 0.225 e. The third-order valence-corrected chi connectivity index (χ3v) is 2.58. The van der Waals surface area contributed by atoms with E-state index in [1.165, 1.54) is 0 Å². The van der Waals surface area contributed by atoms with Crippen molar-refractivity contribution in [3.05, 3.63) is 34.8 Å². The lowest BCUT2D eigenvalue weighted by Crippen LogP contribution is -2.19. The van der Waals surface area contributed by atoms with Crippen LogP contribution < -0.4 is 11.1 Å². The van der Waals surface area contributed by atoms with Crippen molar-refractivity contribution in [1.82, 2.24) is 9.97 Å². The normalized spacial score (nSPS) is 12.4. The first kappa shape index (κ1) is 11.9. The summed E-state index contributed by atoms with van der Waals surface area (Å²) in [6.45, 7) is 2.03. The zero-order valence-corrected chi connectivity index (χ0v) is 10.9. The fraction of sp³-hybridized carbons (Fsp3) is 0.273. The van der Waals surface area contributed by atoms with Gasteiger partial charge in [0.05, 0.1) is 6.26 Å². The molecule has 0 saturated carbocycles. The highest BCUT2D eigenvalue weighted by molar-refractivity contribution is 9.10. The van der Waals surface area contributed by atoms with E-state index in [1.54, 1.807) is 12.3 Å². The Labute approximate surface area is 108 Å². The summed E-state index contributed by atoms with van der Waals surface area (Å²) in [5.74, 6) is 1.86. The standard InChI is InChI=1S/C11H13BrN4O/c1-7(5-8-3-2-4-17-8)14-11-15-9(12)6-10(13)16-11/h2-4,6-7H,5H2,1H3,(H3,13,14,15,16). The lowest BCUT2D eigenvalue weighted by atomic mass is 10.2. The number of furan rings is 1. The van der Waals surface area contributed by atoms with Crippen molar-refractivity contribution < 1.29 is 4.42 Å². The summed E-state index contributed by atoms with van der Waals surface area (Å²) in [5, 5.41) is 3.17. The van der Waals surface area contributed by atoms with Gasteiger partial charge in [-0.3, -0.25) is 0 Å². The second-order valence-corrected chi connectivity index (χ2v) is 4.58. The van der Waals surface area contributed by atoms with Gasteiger partial charge in [0, 0.05) is 18.5 Å². The van der Waals surface area contributed by atoms with Crippen LogP contribution in [0.2, 0.25) is 0 Å². The molecule has 5 nitrogen and oxygen atoms in total. The Bertz CT molecular complexity index is 466. The second-order valence-electron chi connectivity index (χ2n) is 3.77. The molecule has 2 aromatic heterocycles. The molecule has 1 atom stereocenters. The number of nitrogens with one attached hydrogen (secondary N) is 1. The van der Waals surface area contributed by atoms with E-state index in [9.17, 15) is 0 Å². The van der Waals surface area contributed by atoms with Gasteiger partial charge in [0.25, 0.3) is 0 Å². The van der Waals surface area contributed by atoms with Crippen LogP contribution >= 0.6 is 15.9 Å². The Balaban J connectivity index is 2.00. The van der Waals surface area contributed by atoms with E-state index in [-0.39, 0.29) is 6.04 Å². The number of nitrogen functional groups attached to an aromatic ring is 1. The molecule has 0 aromatic carbocycles. The Morgan fingerprint density at radius 1 is 1.53 bits per heavy atom. The van der Waals surface area contributed by atoms with Gasteiger partial charge in [-0.25, -0.2) is 4.98 Å². The van der Waals surface area contributed by atoms with E-state index >= 15 is 0 Å². The summed E-state index contributed by atoms with van der Waals surface area (Å²) in [6.07, 6.45) is 2.43. The van der Waals surface area contributed by atoms with Crippen molar-refractivity contribution in [1.29, 1.82) is 0 Å². The minimum Gasteiger partial charge on any atom is -0.469 e. The topological polar surface area (TPSA) is 77.0 Å². The van der Waals surface area contributed by atoms with Gasteiger partial charge in [0.15, 0.2) is 0 Å². The molecule has 90 valence electrons. The Morgan fingerprint density at radius 2 is 2.35 bits per heavy atom. The summed E-state index contributed by atoms with van der Waals surface area (Å²) >= 11 is 3.27. The number of anilines is 2. The van der Waals surface area contributed by atoms with E-state index in [0.717, 1.165) is 12.2 Å². The maximum absolute atomic E-state index is 5.63. The highest BCUT2D eigenvalue weighted by Crippen LogP contribution is 2.14. The molecule has 0 aliphatic heterocycles. The number of aromatic nitrogens is 2. The quantitative estimate of drug-likeness (QED) is 0.848. The fourth-order valence-electron chi connectivity index (χ4n) is 1.50. The van der Waals surface area contributed by atoms with Crippen LogP contribution in [0.1, 0.15) is 12.7 Å². The van der Waals surface area contributed by atoms with Crippen LogP contribution in [-0.2, 0) is 6.42 Å². The molecule has 3 N–H and O–H groups in total. The molecule has 2 rings (SSSR count). The fourth-order valence-corrected chi connectivity index (χ4v) is 1.90. The maximum Gasteiger partial charge on any atom is 0.225 e. The zero-order chi connectivity index (χ0) is 12.3. The van der Waals surface area contributed by atoms with Gasteiger partial charge < -0.3 is 15.5 Å². The average molecular weight is 297 g/mol. The number of halogens is 1. The van der Waals surface area contributed by atoms with Crippen molar-refractivity contribution in [2.75, 3.05) is 11.1 Å². The van der Waals surface area contributed by atoms with Crippen LogP contribution in [0.4, 0.5) is 11.8 Å². The minimum absolute atomic E-state index is 0.162. The summed E-state index contributed by atoms with van der Waals surface area (Å²) < 4.78 is 5.94. The van der Waals surface area contributed by atoms with Crippen molar-refractivity contribution >= 4 is 27.7 Å². The van der Waals surface area contributed by atoms with E-state index in [1.807, 2.05) is 19.1 Å². The molecule has 17 heavy (non-hydrogen) atoms. The number of rotatable bonds is 4. The minimum atomic E-state index is 0.162. The van der Waals surface area contributed by atoms with Crippen molar-refractivity contribution in [3.63, 3.8) is 0 Å². The van der Waals surface area contributed by atoms with Crippen LogP contribution in [0.3, 0.4) is 0 Å². The van der Waals surface area contributed by atoms with Gasteiger partial charge in [-0.2, -0.15) is 4.98 Å². The summed E-state index contributed by atoms with van der Waals surface area (Å²) in [4.78, 5) is 8.29. The van der Waals surface area contributed by atoms with E-state index in [2.05, 4.69) is 31.2 Å². The van der Waals surface area contributed by atoms with Gasteiger partial charge in [0.1, 0.15) is 16.2 Å². The van der Waals surface area contributed by atoms with Gasteiger partial charge in [0.2, 0.25) is 5.95 Å². The monoisotopic (exact) mass is 296 g/mol. The summed E-state index contributed by atoms with van der Waals surface area (Å²) in [7, 11) is 0. The average Bonchev–Trinajstić information content (AvgIpc) is 2.67. The highest BCUT2D eigenvalue weighted by atomic mass is 79.9. The molecule has 0 bridgehead atoms. The van der Waals surface area contributed by atoms with Crippen LogP contribution in [-0.4, -0.2) is 16.0 Å². The molecule has 0 radical (unpaired) electrons. The number of hydrogen-bond acceptors (Lipinski definition) is 5. The van der Waals surface area contributed by atoms with Gasteiger partial charge in [-0.15, -0.1) is 0 Å². The lowest BCUT2D eigenvalue weighted by molar-refractivity contribution is 0.497. The molecule has 2 heterocycles. The van der Waals surface area contributed by atoms with Gasteiger partial charge >= 0.3 is 0 Å². The van der Waals surface area contributed by atoms with Crippen molar-refractivity contribution in [2.24, 2.45) is 0 Å². The van der Waals surface area contributed by atoms with Gasteiger partial charge in [-0.1, -0.05) is 0 Å². The van der Waals surface area contributed by atoms with Crippen molar-refractivity contribution in [2.45, 2.75) is 19.4 Å². The first-order valence-electron chi connectivity index (χ1n) is 5.22. The zero-order valence-electron chi connectivity index (χ0n) is 9.35. The first-order valence-corrected chi connectivity index (χ1v) is 6.02. The molecule has 0 saturated heterocycles. The van der Waals surface area contributed by atoms with Gasteiger partial charge in [-0.05, 0) is 35.0 Å². The molecule has 0 spiro atoms. The lowest BCUT2D eigenvalue weighted by Gasteiger charge is -2.12. The molecule has 0 fully saturated rings. The second kappa shape index (κ2) is 5.18. The molecule has 2 aromatic rings. The maximum atomic E-state index is 5.63. The highest BCUT2D eigenvalue weighted by Gasteiger charge is 2.08. The molecule has 1 unspecified atom stereocenters. The SMILES string of the molecule is CC(Cc1ccco1)Nc1nc(N)cc(Br)n1. The molecule has 0 amide bonds. The number of hydrogen-bond donors (Lipinski definition) is 2. The van der Waals surface area contributed by atoms with E-state index < -0.39 is 0 Å². The van der Waals surface area contributed by atoms with Crippen LogP contribution in [0, 0.1) is 0 Å². The third kappa shape index (κ3) is 3.45. The van der Waals surface area contributed by atoms with Crippen LogP contribution in [0.5, 0.6) is 0 Å². The van der Waals surface area contributed by atoms with E-state index in [0.29, 0.717) is 16.4 Å².